The van der Waals surface area contributed by atoms with Crippen LogP contribution < -0.4 is 0 Å². The predicted octanol–water partition coefficient (Wildman–Crippen LogP) is 5.70. The average Bonchev–Trinajstić information content (AvgIpc) is 3.33. The number of thiazole rings is 1. The molecule has 0 atom stereocenters. The molecule has 0 aliphatic heterocycles. The van der Waals surface area contributed by atoms with E-state index >= 15 is 0 Å². The molecular weight excluding hydrogens is 418 g/mol. The fourth-order valence-electron chi connectivity index (χ4n) is 3.44. The number of carbonyl (C=O) groups is 1. The van der Waals surface area contributed by atoms with Crippen LogP contribution in [0.2, 0.25) is 5.02 Å². The SMILES string of the molecule is CCCCCCC(=O)N(CCOC)CCc1csc2nc(-c3ccc(Cl)cc3)cn12. The lowest BCUT2D eigenvalue weighted by molar-refractivity contribution is -0.132. The van der Waals surface area contributed by atoms with E-state index < -0.39 is 0 Å². The average molecular weight is 448 g/mol. The molecule has 0 aliphatic carbocycles. The molecule has 2 heterocycles. The van der Waals surface area contributed by atoms with Gasteiger partial charge in [0, 0.05) is 60.9 Å². The van der Waals surface area contributed by atoms with E-state index in [9.17, 15) is 4.79 Å². The van der Waals surface area contributed by atoms with Gasteiger partial charge in [0.15, 0.2) is 4.96 Å². The van der Waals surface area contributed by atoms with Gasteiger partial charge in [-0.2, -0.15) is 0 Å². The van der Waals surface area contributed by atoms with Crippen LogP contribution in [0.25, 0.3) is 16.2 Å². The molecule has 0 saturated carbocycles. The lowest BCUT2D eigenvalue weighted by atomic mass is 10.1. The van der Waals surface area contributed by atoms with Gasteiger partial charge in [0.2, 0.25) is 5.91 Å². The maximum atomic E-state index is 12.7. The normalized spacial score (nSPS) is 11.3. The van der Waals surface area contributed by atoms with Crippen LogP contribution in [0.5, 0.6) is 0 Å². The third kappa shape index (κ3) is 6.06. The summed E-state index contributed by atoms with van der Waals surface area (Å²) in [7, 11) is 1.68. The number of benzene rings is 1. The predicted molar refractivity (Wildman–Crippen MR) is 124 cm³/mol. The molecule has 0 spiro atoms. The molecule has 1 aromatic carbocycles. The molecule has 0 bridgehead atoms. The molecule has 3 aromatic rings. The Labute approximate surface area is 187 Å². The van der Waals surface area contributed by atoms with Crippen molar-refractivity contribution in [3.8, 4) is 11.3 Å². The van der Waals surface area contributed by atoms with Gasteiger partial charge >= 0.3 is 0 Å². The Balaban J connectivity index is 1.65. The van der Waals surface area contributed by atoms with E-state index in [1.165, 1.54) is 18.5 Å². The van der Waals surface area contributed by atoms with Gasteiger partial charge in [0.25, 0.3) is 0 Å². The van der Waals surface area contributed by atoms with Gasteiger partial charge in [-0.15, -0.1) is 11.3 Å². The van der Waals surface area contributed by atoms with Gasteiger partial charge in [-0.05, 0) is 18.6 Å². The number of halogens is 1. The van der Waals surface area contributed by atoms with Crippen LogP contribution in [0.15, 0.2) is 35.8 Å². The first-order valence-corrected chi connectivity index (χ1v) is 11.9. The van der Waals surface area contributed by atoms with Crippen molar-refractivity contribution in [2.45, 2.75) is 45.4 Å². The molecule has 30 heavy (non-hydrogen) atoms. The summed E-state index contributed by atoms with van der Waals surface area (Å²) in [6.07, 6.45) is 7.93. The van der Waals surface area contributed by atoms with Crippen LogP contribution in [0.1, 0.15) is 44.7 Å². The van der Waals surface area contributed by atoms with Gasteiger partial charge in [0.05, 0.1) is 12.3 Å². The maximum absolute atomic E-state index is 12.7. The zero-order valence-electron chi connectivity index (χ0n) is 17.8. The van der Waals surface area contributed by atoms with Gasteiger partial charge < -0.3 is 9.64 Å². The van der Waals surface area contributed by atoms with E-state index in [0.717, 1.165) is 40.5 Å². The summed E-state index contributed by atoms with van der Waals surface area (Å²) in [6.45, 7) is 4.07. The maximum Gasteiger partial charge on any atom is 0.222 e. The number of hydrogen-bond donors (Lipinski definition) is 0. The Hall–Kier alpha value is -1.89. The highest BCUT2D eigenvalue weighted by Crippen LogP contribution is 2.25. The van der Waals surface area contributed by atoms with Gasteiger partial charge in [-0.1, -0.05) is 49.9 Å². The van der Waals surface area contributed by atoms with Crippen molar-refractivity contribution in [1.82, 2.24) is 14.3 Å². The molecule has 3 rings (SSSR count). The Kier molecular flexibility index (Phi) is 8.73. The van der Waals surface area contributed by atoms with Crippen LogP contribution in [-0.2, 0) is 16.0 Å². The number of aromatic nitrogens is 2. The molecule has 0 fully saturated rings. The summed E-state index contributed by atoms with van der Waals surface area (Å²) in [5.74, 6) is 0.224. The van der Waals surface area contributed by atoms with Gasteiger partial charge in [0.1, 0.15) is 0 Å². The monoisotopic (exact) mass is 447 g/mol. The topological polar surface area (TPSA) is 46.8 Å². The number of fused-ring (bicyclic) bond motifs is 1. The number of hydrogen-bond acceptors (Lipinski definition) is 4. The first-order valence-electron chi connectivity index (χ1n) is 10.6. The van der Waals surface area contributed by atoms with E-state index in [1.807, 2.05) is 29.2 Å². The second-order valence-corrected chi connectivity index (χ2v) is 8.72. The van der Waals surface area contributed by atoms with Crippen molar-refractivity contribution in [1.29, 1.82) is 0 Å². The standard InChI is InChI=1S/C23H30ClN3O2S/c1-3-4-5-6-7-22(28)26(14-15-29-2)13-12-20-17-30-23-25-21(16-27(20)23)18-8-10-19(24)11-9-18/h8-11,16-17H,3-7,12-15H2,1-2H3. The van der Waals surface area contributed by atoms with E-state index in [-0.39, 0.29) is 5.91 Å². The van der Waals surface area contributed by atoms with Crippen molar-refractivity contribution in [2.75, 3.05) is 26.8 Å². The summed E-state index contributed by atoms with van der Waals surface area (Å²) in [5, 5.41) is 2.85. The molecule has 0 aliphatic rings. The van der Waals surface area contributed by atoms with E-state index in [2.05, 4.69) is 22.9 Å². The van der Waals surface area contributed by atoms with Gasteiger partial charge in [-0.3, -0.25) is 9.20 Å². The van der Waals surface area contributed by atoms with Crippen molar-refractivity contribution in [3.05, 3.63) is 46.6 Å². The van der Waals surface area contributed by atoms with E-state index in [1.54, 1.807) is 18.4 Å². The third-order valence-corrected chi connectivity index (χ3v) is 6.36. The minimum Gasteiger partial charge on any atom is -0.383 e. The fourth-order valence-corrected chi connectivity index (χ4v) is 4.48. The number of unbranched alkanes of at least 4 members (excludes halogenated alkanes) is 3. The Morgan fingerprint density at radius 3 is 2.73 bits per heavy atom. The third-order valence-electron chi connectivity index (χ3n) is 5.22. The minimum atomic E-state index is 0.224. The van der Waals surface area contributed by atoms with Gasteiger partial charge in [-0.25, -0.2) is 4.98 Å². The van der Waals surface area contributed by atoms with Crippen LogP contribution >= 0.6 is 22.9 Å². The van der Waals surface area contributed by atoms with Crippen molar-refractivity contribution in [2.24, 2.45) is 0 Å². The highest BCUT2D eigenvalue weighted by atomic mass is 35.5. The zero-order chi connectivity index (χ0) is 21.3. The lowest BCUT2D eigenvalue weighted by Crippen LogP contribution is -2.35. The number of imidazole rings is 1. The number of nitrogens with zero attached hydrogens (tertiary/aromatic N) is 3. The molecule has 0 N–H and O–H groups in total. The smallest absolute Gasteiger partial charge is 0.222 e. The molecule has 5 nitrogen and oxygen atoms in total. The number of amides is 1. The van der Waals surface area contributed by atoms with Crippen molar-refractivity contribution in [3.63, 3.8) is 0 Å². The molecule has 0 radical (unpaired) electrons. The highest BCUT2D eigenvalue weighted by molar-refractivity contribution is 7.15. The molecular formula is C23H30ClN3O2S. The summed E-state index contributed by atoms with van der Waals surface area (Å²) >= 11 is 7.62. The summed E-state index contributed by atoms with van der Waals surface area (Å²) in [4.78, 5) is 20.3. The van der Waals surface area contributed by atoms with Crippen LogP contribution in [0.4, 0.5) is 0 Å². The first kappa shape index (κ1) is 22.8. The Morgan fingerprint density at radius 2 is 2.00 bits per heavy atom. The largest absolute Gasteiger partial charge is 0.383 e. The minimum absolute atomic E-state index is 0.224. The van der Waals surface area contributed by atoms with Crippen LogP contribution in [-0.4, -0.2) is 47.0 Å². The molecule has 1 amide bonds. The summed E-state index contributed by atoms with van der Waals surface area (Å²) in [6, 6.07) is 7.73. The quantitative estimate of drug-likeness (QED) is 0.334. The van der Waals surface area contributed by atoms with E-state index in [4.69, 9.17) is 21.3 Å². The second kappa shape index (κ2) is 11.5. The second-order valence-electron chi connectivity index (χ2n) is 7.45. The summed E-state index contributed by atoms with van der Waals surface area (Å²) < 4.78 is 7.35. The van der Waals surface area contributed by atoms with Crippen LogP contribution in [0, 0.1) is 0 Å². The van der Waals surface area contributed by atoms with E-state index in [0.29, 0.717) is 26.1 Å². The Bertz CT molecular complexity index is 936. The van der Waals surface area contributed by atoms with Crippen molar-refractivity contribution >= 4 is 33.8 Å². The van der Waals surface area contributed by atoms with Crippen LogP contribution in [0.3, 0.4) is 0 Å². The Morgan fingerprint density at radius 1 is 1.20 bits per heavy atom. The summed E-state index contributed by atoms with van der Waals surface area (Å²) in [5.41, 5.74) is 3.15. The van der Waals surface area contributed by atoms with Crippen molar-refractivity contribution < 1.29 is 9.53 Å². The number of rotatable bonds is 12. The molecule has 0 saturated heterocycles. The lowest BCUT2D eigenvalue weighted by Gasteiger charge is -2.22. The number of methoxy groups -OCH3 is 1. The molecule has 162 valence electrons. The number of ether oxygens (including phenoxy) is 1. The zero-order valence-corrected chi connectivity index (χ0v) is 19.3. The molecule has 0 unspecified atom stereocenters. The fraction of sp³-hybridized carbons (Fsp3) is 0.478. The molecule has 7 heteroatoms. The first-order chi connectivity index (χ1) is 14.6. The molecule has 2 aromatic heterocycles. The number of carbonyl (C=O) groups excluding carboxylic acids is 1. The highest BCUT2D eigenvalue weighted by Gasteiger charge is 2.15.